The molecule has 4 rings (SSSR count). The van der Waals surface area contributed by atoms with Gasteiger partial charge in [-0.2, -0.15) is 0 Å². The summed E-state index contributed by atoms with van der Waals surface area (Å²) in [7, 11) is 0. The number of carbonyl (C=O) groups is 11. The number of aliphatic hydroxyl groups excluding tert-OH is 11. The number of aliphatic hydroxyl groups is 11. The third-order valence-electron chi connectivity index (χ3n) is 19.4. The number of carbonyl (C=O) groups excluding carboxylic acids is 11. The number of unbranched alkanes of at least 4 members (excludes halogenated alkanes) is 3. The summed E-state index contributed by atoms with van der Waals surface area (Å²) in [6.45, 7) is 1.13. The Hall–Kier alpha value is -6.79. The predicted octanol–water partition coefficient (Wildman–Crippen LogP) is -9.61. The summed E-state index contributed by atoms with van der Waals surface area (Å²) in [5.74, 6) is -4.68. The van der Waals surface area contributed by atoms with E-state index >= 15 is 0 Å². The van der Waals surface area contributed by atoms with Crippen molar-refractivity contribution in [2.24, 2.45) is 0 Å². The van der Waals surface area contributed by atoms with Crippen molar-refractivity contribution in [3.05, 3.63) is 0 Å². The van der Waals surface area contributed by atoms with E-state index in [0.717, 1.165) is 0 Å². The molecule has 122 heavy (non-hydrogen) atoms. The molecule has 4 aliphatic rings. The highest BCUT2D eigenvalue weighted by molar-refractivity contribution is 5.81. The second-order valence-electron chi connectivity index (χ2n) is 29.7. The highest BCUT2D eigenvalue weighted by Crippen LogP contribution is 2.27. The van der Waals surface area contributed by atoms with Gasteiger partial charge in [-0.15, -0.1) is 0 Å². The third kappa shape index (κ3) is 43.4. The Morgan fingerprint density at radius 1 is 0.320 bits per heavy atom. The Balaban J connectivity index is 1.30. The molecule has 15 unspecified atom stereocenters. The van der Waals surface area contributed by atoms with Crippen LogP contribution in [0.3, 0.4) is 0 Å². The topological polar surface area (TPSA) is 663 Å². The molecule has 0 aromatic carbocycles. The predicted molar refractivity (Wildman–Crippen MR) is 421 cm³/mol. The fourth-order valence-electron chi connectivity index (χ4n) is 12.8. The Bertz CT molecular complexity index is 2790. The Morgan fingerprint density at radius 2 is 0.639 bits per heavy atom. The van der Waals surface area contributed by atoms with Gasteiger partial charge in [-0.3, -0.25) is 52.7 Å². The summed E-state index contributed by atoms with van der Waals surface area (Å²) in [6.07, 6.45) is -14.6. The zero-order valence-corrected chi connectivity index (χ0v) is 70.0. The molecule has 4 saturated heterocycles. The van der Waals surface area contributed by atoms with Gasteiger partial charge in [0.25, 0.3) is 0 Å². The molecule has 46 nitrogen and oxygen atoms in total. The molecule has 4 fully saturated rings. The van der Waals surface area contributed by atoms with Crippen LogP contribution in [0.1, 0.15) is 130 Å². The lowest BCUT2D eigenvalue weighted by atomic mass is 9.97. The first-order valence-corrected chi connectivity index (χ1v) is 41.7. The third-order valence-corrected chi connectivity index (χ3v) is 19.4. The van der Waals surface area contributed by atoms with E-state index in [1.54, 1.807) is 0 Å². The SMILES string of the molecule is CC(=O)NC1C(OCCCCC(=O)NCCCNC(=O)CCOCC(COCCC(=O)NCCCNC(=O)CCCCOC2OC(CO)C(O)C(O)C2NC(C)=O)(COCCC(=O)NCCCNC(=O)CCCCOC2OC(CO)C(O)C(O)C2NC(C)=O)NC(=O)COCCOCCOCCNC(=O)[C@@H]2CC[C@H](O)[C@@H](CO)O2)OC(CO)C(O)C1O. The van der Waals surface area contributed by atoms with E-state index < -0.39 is 196 Å². The lowest BCUT2D eigenvalue weighted by Crippen LogP contribution is -2.64. The molecule has 0 aromatic heterocycles. The van der Waals surface area contributed by atoms with Crippen molar-refractivity contribution >= 4 is 65.0 Å². The highest BCUT2D eigenvalue weighted by Gasteiger charge is 2.48. The van der Waals surface area contributed by atoms with Crippen LogP contribution in [-0.4, -0.2) is 408 Å². The molecule has 0 spiro atoms. The molecule has 11 amide bonds. The van der Waals surface area contributed by atoms with Crippen LogP contribution in [0.25, 0.3) is 0 Å². The van der Waals surface area contributed by atoms with Gasteiger partial charge in [-0.25, -0.2) is 0 Å². The zero-order chi connectivity index (χ0) is 89.6. The van der Waals surface area contributed by atoms with Crippen molar-refractivity contribution in [3.63, 3.8) is 0 Å². The van der Waals surface area contributed by atoms with Gasteiger partial charge in [0.1, 0.15) is 97.4 Å². The van der Waals surface area contributed by atoms with E-state index in [-0.39, 0.29) is 201 Å². The van der Waals surface area contributed by atoms with Gasteiger partial charge < -0.3 is 176 Å². The van der Waals surface area contributed by atoms with Gasteiger partial charge in [0.2, 0.25) is 65.0 Å². The Kier molecular flexibility index (Phi) is 55.0. The minimum atomic E-state index is -1.57. The van der Waals surface area contributed by atoms with Gasteiger partial charge in [0.15, 0.2) is 18.9 Å². The van der Waals surface area contributed by atoms with Gasteiger partial charge in [0.05, 0.1) is 105 Å². The van der Waals surface area contributed by atoms with Crippen LogP contribution in [0.15, 0.2) is 0 Å². The highest BCUT2D eigenvalue weighted by atomic mass is 16.7. The van der Waals surface area contributed by atoms with Crippen LogP contribution in [0.4, 0.5) is 0 Å². The van der Waals surface area contributed by atoms with Crippen LogP contribution in [0.2, 0.25) is 0 Å². The molecule has 22 N–H and O–H groups in total. The molecule has 4 aliphatic heterocycles. The van der Waals surface area contributed by atoms with Crippen LogP contribution < -0.4 is 58.5 Å². The van der Waals surface area contributed by atoms with Crippen molar-refractivity contribution in [3.8, 4) is 0 Å². The zero-order valence-electron chi connectivity index (χ0n) is 70.0. The summed E-state index contributed by atoms with van der Waals surface area (Å²) < 4.78 is 74.2. The van der Waals surface area contributed by atoms with Crippen molar-refractivity contribution in [2.75, 3.05) is 171 Å². The lowest BCUT2D eigenvalue weighted by molar-refractivity contribution is -0.270. The van der Waals surface area contributed by atoms with Crippen molar-refractivity contribution in [2.45, 2.75) is 246 Å². The molecule has 704 valence electrons. The number of hydrogen-bond donors (Lipinski definition) is 22. The summed E-state index contributed by atoms with van der Waals surface area (Å²) in [4.78, 5) is 139. The lowest BCUT2D eigenvalue weighted by Gasteiger charge is -2.42. The van der Waals surface area contributed by atoms with Crippen LogP contribution in [0.5, 0.6) is 0 Å². The molecular weight excluding hydrogens is 1630 g/mol. The number of amides is 11. The van der Waals surface area contributed by atoms with Gasteiger partial charge in [-0.05, 0) is 70.6 Å². The summed E-state index contributed by atoms with van der Waals surface area (Å²) in [5.41, 5.74) is -1.57. The molecule has 0 aliphatic carbocycles. The summed E-state index contributed by atoms with van der Waals surface area (Å²) in [5, 5.41) is 140. The van der Waals surface area contributed by atoms with E-state index in [9.17, 15) is 109 Å². The number of hydrogen-bond acceptors (Lipinski definition) is 35. The van der Waals surface area contributed by atoms with Crippen LogP contribution in [0, 0.1) is 0 Å². The molecule has 0 saturated carbocycles. The van der Waals surface area contributed by atoms with E-state index in [0.29, 0.717) is 64.2 Å². The quantitative estimate of drug-likeness (QED) is 0.0251. The van der Waals surface area contributed by atoms with Crippen molar-refractivity contribution in [1.29, 1.82) is 0 Å². The fourth-order valence-corrected chi connectivity index (χ4v) is 12.8. The number of rotatable bonds is 65. The first-order valence-electron chi connectivity index (χ1n) is 41.7. The van der Waals surface area contributed by atoms with Crippen LogP contribution >= 0.6 is 0 Å². The van der Waals surface area contributed by atoms with E-state index in [1.165, 1.54) is 20.8 Å². The van der Waals surface area contributed by atoms with Gasteiger partial charge >= 0.3 is 0 Å². The Labute approximate surface area is 708 Å². The maximum atomic E-state index is 13.9. The first kappa shape index (κ1) is 108. The van der Waals surface area contributed by atoms with E-state index in [2.05, 4.69) is 58.5 Å². The normalized spacial score (nSPS) is 25.7. The molecule has 0 aromatic rings. The average molecular weight is 1760 g/mol. The smallest absolute Gasteiger partial charge is 0.249 e. The number of nitrogens with one attached hydrogen (secondary N) is 11. The van der Waals surface area contributed by atoms with E-state index in [4.69, 9.17) is 61.6 Å². The first-order chi connectivity index (χ1) is 58.5. The van der Waals surface area contributed by atoms with Gasteiger partial charge in [-0.1, -0.05) is 0 Å². The Morgan fingerprint density at radius 3 is 0.967 bits per heavy atom. The molecule has 0 radical (unpaired) electrons. The second-order valence-corrected chi connectivity index (χ2v) is 29.7. The van der Waals surface area contributed by atoms with E-state index in [1.807, 2.05) is 0 Å². The van der Waals surface area contributed by atoms with Crippen molar-refractivity contribution in [1.82, 2.24) is 58.5 Å². The number of ether oxygens (including phenoxy) is 13. The summed E-state index contributed by atoms with van der Waals surface area (Å²) in [6, 6.07) is -3.33. The molecule has 0 bridgehead atoms. The minimum Gasteiger partial charge on any atom is -0.394 e. The maximum Gasteiger partial charge on any atom is 0.249 e. The van der Waals surface area contributed by atoms with Crippen molar-refractivity contribution < 1.29 is 170 Å². The molecule has 4 heterocycles. The molecular formula is C76H135N11O35. The van der Waals surface area contributed by atoms with Gasteiger partial charge in [0, 0.05) is 125 Å². The maximum absolute atomic E-state index is 13.9. The average Bonchev–Trinajstić information content (AvgIpc) is 0.816. The largest absolute Gasteiger partial charge is 0.394 e. The standard InChI is InChI=1S/C76H135N11O35/c1-47(92)84-63-69(106)66(103)53(40-89)120-73(63)116-28-7-4-13-56(96)77-21-10-24-80-59(99)18-31-113-44-76(87-62(102)43-112-38-37-111-36-35-110-34-27-83-72(109)51-17-16-50(95)52(39-88)119-51,45-114-32-19-60(100)81-25-11-22-78-57(97)14-5-8-29-117-74-64(85-48(2)93)70(107)67(104)54(41-90)121-74)46-115-33-20-61(101)82-26-12-23-79-58(98)15-6-9-30-118-75-65(86-49(3)94)71(108)68(105)55(42-91)122-75/h50-55,63-71,73-75,88-91,95,103-108H,4-46H2,1-3H3,(H,77,96)(H,78,97)(H,79,98)(H,80,99)(H,81,100)(H,82,101)(H,83,109)(H,84,92)(H,85,93)(H,86,94)(H,87,102)/t50-,51-,52+,53?,54?,55?,63?,64?,65?,66?,67?,68?,69?,70?,71?,73?,74?,75?,76?/m0/s1. The summed E-state index contributed by atoms with van der Waals surface area (Å²) >= 11 is 0. The minimum absolute atomic E-state index is 0.0356. The van der Waals surface area contributed by atoms with Crippen LogP contribution in [-0.2, 0) is 114 Å². The fraction of sp³-hybridized carbons (Fsp3) is 0.855. The molecule has 46 heteroatoms. The monoisotopic (exact) mass is 1760 g/mol. The molecule has 18 atom stereocenters. The second kappa shape index (κ2) is 62.4.